The maximum atomic E-state index is 13.0. The van der Waals surface area contributed by atoms with Crippen LogP contribution in [0, 0.1) is 13.8 Å². The minimum absolute atomic E-state index is 0.0138. The molecule has 32 heavy (non-hydrogen) atoms. The molecule has 0 atom stereocenters. The Balaban J connectivity index is 1.53. The highest BCUT2D eigenvalue weighted by Crippen LogP contribution is 2.28. The van der Waals surface area contributed by atoms with E-state index >= 15 is 0 Å². The van der Waals surface area contributed by atoms with E-state index in [9.17, 15) is 4.79 Å². The van der Waals surface area contributed by atoms with Gasteiger partial charge < -0.3 is 9.47 Å². The number of benzene rings is 4. The largest absolute Gasteiger partial charge is 0.496 e. The Labute approximate surface area is 189 Å². The number of carbonyl (C=O) groups excluding carboxylic acids is 1. The number of ketones is 1. The van der Waals surface area contributed by atoms with E-state index in [1.54, 1.807) is 14.2 Å². The van der Waals surface area contributed by atoms with Crippen molar-refractivity contribution in [1.82, 2.24) is 0 Å². The summed E-state index contributed by atoms with van der Waals surface area (Å²) in [5.74, 6) is 1.75. The van der Waals surface area contributed by atoms with Gasteiger partial charge in [-0.1, -0.05) is 60.7 Å². The Bertz CT molecular complexity index is 1150. The lowest BCUT2D eigenvalue weighted by Gasteiger charge is -2.09. The van der Waals surface area contributed by atoms with Gasteiger partial charge in [-0.05, 0) is 71.5 Å². The summed E-state index contributed by atoms with van der Waals surface area (Å²) in [6.07, 6.45) is 0. The predicted molar refractivity (Wildman–Crippen MR) is 130 cm³/mol. The van der Waals surface area contributed by atoms with Crippen LogP contribution >= 0.6 is 0 Å². The van der Waals surface area contributed by atoms with Gasteiger partial charge in [0.05, 0.1) is 14.2 Å². The van der Waals surface area contributed by atoms with Crippen LogP contribution < -0.4 is 9.47 Å². The number of carbonyl (C=O) groups is 1. The van der Waals surface area contributed by atoms with Gasteiger partial charge in [0.15, 0.2) is 5.78 Å². The molecule has 0 aliphatic heterocycles. The van der Waals surface area contributed by atoms with E-state index in [-0.39, 0.29) is 5.78 Å². The van der Waals surface area contributed by atoms with Crippen molar-refractivity contribution in [2.45, 2.75) is 13.8 Å². The Kier molecular flexibility index (Phi) is 6.09. The first-order valence-corrected chi connectivity index (χ1v) is 10.5. The molecule has 0 bridgehead atoms. The zero-order valence-corrected chi connectivity index (χ0v) is 18.8. The van der Waals surface area contributed by atoms with Gasteiger partial charge in [-0.25, -0.2) is 0 Å². The van der Waals surface area contributed by atoms with Crippen molar-refractivity contribution >= 4 is 5.78 Å². The van der Waals surface area contributed by atoms with Gasteiger partial charge in [-0.2, -0.15) is 0 Å². The molecule has 0 unspecified atom stereocenters. The van der Waals surface area contributed by atoms with E-state index in [4.69, 9.17) is 9.47 Å². The first-order valence-electron chi connectivity index (χ1n) is 10.5. The van der Waals surface area contributed by atoms with Crippen LogP contribution in [0.3, 0.4) is 0 Å². The van der Waals surface area contributed by atoms with Crippen molar-refractivity contribution in [2.24, 2.45) is 0 Å². The minimum Gasteiger partial charge on any atom is -0.496 e. The third kappa shape index (κ3) is 4.28. The van der Waals surface area contributed by atoms with Crippen molar-refractivity contribution < 1.29 is 14.3 Å². The van der Waals surface area contributed by atoms with E-state index < -0.39 is 0 Å². The third-order valence-electron chi connectivity index (χ3n) is 5.75. The van der Waals surface area contributed by atoms with Gasteiger partial charge in [0.2, 0.25) is 0 Å². The summed E-state index contributed by atoms with van der Waals surface area (Å²) in [7, 11) is 3.35. The molecule has 4 rings (SSSR count). The number of ether oxygens (including phenoxy) is 2. The highest BCUT2D eigenvalue weighted by molar-refractivity contribution is 6.09. The molecule has 0 N–H and O–H groups in total. The topological polar surface area (TPSA) is 35.5 Å². The molecule has 160 valence electrons. The average molecular weight is 423 g/mol. The molecule has 3 heteroatoms. The fourth-order valence-corrected chi connectivity index (χ4v) is 3.91. The quantitative estimate of drug-likeness (QED) is 0.318. The van der Waals surface area contributed by atoms with Crippen LogP contribution in [0.1, 0.15) is 27.0 Å². The highest BCUT2D eigenvalue weighted by atomic mass is 16.5. The van der Waals surface area contributed by atoms with Crippen molar-refractivity contribution in [2.75, 3.05) is 14.2 Å². The smallest absolute Gasteiger partial charge is 0.193 e. The molecule has 0 saturated carbocycles. The monoisotopic (exact) mass is 422 g/mol. The zero-order valence-electron chi connectivity index (χ0n) is 18.8. The van der Waals surface area contributed by atoms with Crippen molar-refractivity contribution in [3.63, 3.8) is 0 Å². The summed E-state index contributed by atoms with van der Waals surface area (Å²) in [6, 6.07) is 27.7. The van der Waals surface area contributed by atoms with Crippen LogP contribution in [-0.4, -0.2) is 20.0 Å². The molecular formula is C29H26O3. The molecule has 0 aliphatic rings. The minimum atomic E-state index is 0.0138. The van der Waals surface area contributed by atoms with Gasteiger partial charge in [0, 0.05) is 11.1 Å². The van der Waals surface area contributed by atoms with Gasteiger partial charge in [-0.15, -0.1) is 0 Å². The molecule has 0 radical (unpaired) electrons. The van der Waals surface area contributed by atoms with E-state index in [1.165, 1.54) is 0 Å². The van der Waals surface area contributed by atoms with Gasteiger partial charge in [-0.3, -0.25) is 4.79 Å². The molecule has 3 nitrogen and oxygen atoms in total. The second kappa shape index (κ2) is 9.11. The third-order valence-corrected chi connectivity index (χ3v) is 5.75. The van der Waals surface area contributed by atoms with Gasteiger partial charge >= 0.3 is 0 Å². The molecule has 0 heterocycles. The summed E-state index contributed by atoms with van der Waals surface area (Å²) >= 11 is 0. The molecular weight excluding hydrogens is 396 g/mol. The molecule has 4 aromatic rings. The Hall–Kier alpha value is -3.85. The lowest BCUT2D eigenvalue weighted by molar-refractivity contribution is 0.103. The molecule has 0 spiro atoms. The number of hydrogen-bond donors (Lipinski definition) is 0. The standard InChI is InChI=1S/C29H26O3/c1-19-17-25(13-15-27(19)31-3)21-5-9-23(10-6-21)29(30)24-11-7-22(8-12-24)26-14-16-28(32-4)20(2)18-26/h5-18H,1-4H3. The summed E-state index contributed by atoms with van der Waals surface area (Å²) in [6.45, 7) is 4.05. The first-order chi connectivity index (χ1) is 15.5. The summed E-state index contributed by atoms with van der Waals surface area (Å²) < 4.78 is 10.7. The number of rotatable bonds is 6. The lowest BCUT2D eigenvalue weighted by Crippen LogP contribution is -2.01. The van der Waals surface area contributed by atoms with Crippen LogP contribution in [0.4, 0.5) is 0 Å². The Morgan fingerprint density at radius 2 is 0.875 bits per heavy atom. The summed E-state index contributed by atoms with van der Waals surface area (Å²) in [4.78, 5) is 13.0. The van der Waals surface area contributed by atoms with Crippen LogP contribution in [0.15, 0.2) is 84.9 Å². The molecule has 4 aromatic carbocycles. The lowest BCUT2D eigenvalue weighted by atomic mass is 9.96. The Morgan fingerprint density at radius 3 is 1.19 bits per heavy atom. The van der Waals surface area contributed by atoms with Crippen molar-refractivity contribution in [3.8, 4) is 33.8 Å². The van der Waals surface area contributed by atoms with Crippen LogP contribution in [0.25, 0.3) is 22.3 Å². The molecule has 0 aliphatic carbocycles. The molecule has 0 saturated heterocycles. The van der Waals surface area contributed by atoms with E-state index in [1.807, 2.05) is 86.6 Å². The maximum Gasteiger partial charge on any atom is 0.193 e. The normalized spacial score (nSPS) is 10.6. The van der Waals surface area contributed by atoms with E-state index in [2.05, 4.69) is 12.1 Å². The number of hydrogen-bond acceptors (Lipinski definition) is 3. The van der Waals surface area contributed by atoms with Crippen molar-refractivity contribution in [3.05, 3.63) is 107 Å². The van der Waals surface area contributed by atoms with Crippen molar-refractivity contribution in [1.29, 1.82) is 0 Å². The first kappa shape index (κ1) is 21.4. The predicted octanol–water partition coefficient (Wildman–Crippen LogP) is 6.89. The molecule has 0 aromatic heterocycles. The maximum absolute atomic E-state index is 13.0. The van der Waals surface area contributed by atoms with Crippen LogP contribution in [0.5, 0.6) is 11.5 Å². The fourth-order valence-electron chi connectivity index (χ4n) is 3.91. The Morgan fingerprint density at radius 1 is 0.531 bits per heavy atom. The average Bonchev–Trinajstić information content (AvgIpc) is 2.83. The van der Waals surface area contributed by atoms with E-state index in [0.717, 1.165) is 44.9 Å². The van der Waals surface area contributed by atoms with Gasteiger partial charge in [0.25, 0.3) is 0 Å². The fraction of sp³-hybridized carbons (Fsp3) is 0.138. The SMILES string of the molecule is COc1ccc(-c2ccc(C(=O)c3ccc(-c4ccc(OC)c(C)c4)cc3)cc2)cc1C. The summed E-state index contributed by atoms with van der Waals surface area (Å²) in [5.41, 5.74) is 7.84. The number of methoxy groups -OCH3 is 2. The van der Waals surface area contributed by atoms with E-state index in [0.29, 0.717) is 11.1 Å². The second-order valence-corrected chi connectivity index (χ2v) is 7.85. The van der Waals surface area contributed by atoms with Gasteiger partial charge in [0.1, 0.15) is 11.5 Å². The zero-order chi connectivity index (χ0) is 22.7. The highest BCUT2D eigenvalue weighted by Gasteiger charge is 2.11. The van der Waals surface area contributed by atoms with Crippen LogP contribution in [0.2, 0.25) is 0 Å². The molecule has 0 fully saturated rings. The van der Waals surface area contributed by atoms with Crippen LogP contribution in [-0.2, 0) is 0 Å². The number of aryl methyl sites for hydroxylation is 2. The second-order valence-electron chi connectivity index (χ2n) is 7.85. The molecule has 0 amide bonds. The summed E-state index contributed by atoms with van der Waals surface area (Å²) in [5, 5.41) is 0.